The molecule has 1 atom stereocenters. The summed E-state index contributed by atoms with van der Waals surface area (Å²) in [7, 11) is 0. The van der Waals surface area contributed by atoms with Crippen LogP contribution in [0.5, 0.6) is 0 Å². The molecule has 1 unspecified atom stereocenters. The molecular formula is C11H8BrClOS. The lowest BCUT2D eigenvalue weighted by Crippen LogP contribution is -1.97. The monoisotopic (exact) mass is 302 g/mol. The molecule has 4 heteroatoms. The fraction of sp³-hybridized carbons (Fsp3) is 0.0909. The fourth-order valence-electron chi connectivity index (χ4n) is 1.32. The minimum Gasteiger partial charge on any atom is -0.383 e. The van der Waals surface area contributed by atoms with Crippen molar-refractivity contribution in [1.29, 1.82) is 0 Å². The first kappa shape index (κ1) is 11.1. The van der Waals surface area contributed by atoms with E-state index in [1.807, 2.05) is 29.6 Å². The van der Waals surface area contributed by atoms with Crippen molar-refractivity contribution >= 4 is 38.9 Å². The van der Waals surface area contributed by atoms with E-state index in [-0.39, 0.29) is 0 Å². The Bertz CT molecular complexity index is 469. The van der Waals surface area contributed by atoms with E-state index in [9.17, 15) is 5.11 Å². The molecule has 0 aliphatic rings. The van der Waals surface area contributed by atoms with Gasteiger partial charge < -0.3 is 5.11 Å². The molecule has 2 aromatic rings. The van der Waals surface area contributed by atoms with Crippen LogP contribution in [0.3, 0.4) is 0 Å². The molecule has 0 saturated heterocycles. The zero-order chi connectivity index (χ0) is 10.8. The van der Waals surface area contributed by atoms with E-state index in [1.165, 1.54) is 11.3 Å². The van der Waals surface area contributed by atoms with E-state index in [4.69, 9.17) is 11.6 Å². The molecule has 78 valence electrons. The summed E-state index contributed by atoms with van der Waals surface area (Å²) < 4.78 is 0.980. The molecule has 15 heavy (non-hydrogen) atoms. The Kier molecular flexibility index (Phi) is 3.46. The standard InChI is InChI=1S/C11H8BrClOS/c12-7-5-10(15-6-7)11(14)8-3-1-2-4-9(8)13/h1-6,11,14H. The molecule has 0 aliphatic carbocycles. The highest BCUT2D eigenvalue weighted by atomic mass is 79.9. The summed E-state index contributed by atoms with van der Waals surface area (Å²) in [6, 6.07) is 9.23. The van der Waals surface area contributed by atoms with Crippen molar-refractivity contribution in [1.82, 2.24) is 0 Å². The van der Waals surface area contributed by atoms with E-state index in [1.54, 1.807) is 6.07 Å². The molecule has 0 spiro atoms. The Morgan fingerprint density at radius 3 is 2.67 bits per heavy atom. The van der Waals surface area contributed by atoms with Crippen molar-refractivity contribution in [2.45, 2.75) is 6.10 Å². The molecule has 1 aromatic carbocycles. The lowest BCUT2D eigenvalue weighted by atomic mass is 10.1. The third-order valence-electron chi connectivity index (χ3n) is 2.06. The van der Waals surface area contributed by atoms with Crippen LogP contribution in [0.4, 0.5) is 0 Å². The summed E-state index contributed by atoms with van der Waals surface area (Å²) >= 11 is 10.9. The Hall–Kier alpha value is -0.350. The molecule has 1 heterocycles. The fourth-order valence-corrected chi connectivity index (χ4v) is 3.01. The molecule has 0 bridgehead atoms. The van der Waals surface area contributed by atoms with E-state index in [0.29, 0.717) is 5.02 Å². The van der Waals surface area contributed by atoms with E-state index < -0.39 is 6.10 Å². The summed E-state index contributed by atoms with van der Waals surface area (Å²) in [5.41, 5.74) is 0.744. The first-order chi connectivity index (χ1) is 7.18. The van der Waals surface area contributed by atoms with Crippen LogP contribution < -0.4 is 0 Å². The number of aliphatic hydroxyl groups is 1. The number of aliphatic hydroxyl groups excluding tert-OH is 1. The van der Waals surface area contributed by atoms with Crippen LogP contribution in [0.15, 0.2) is 40.2 Å². The lowest BCUT2D eigenvalue weighted by Gasteiger charge is -2.10. The molecule has 1 aromatic heterocycles. The highest BCUT2D eigenvalue weighted by Gasteiger charge is 2.14. The molecule has 0 amide bonds. The van der Waals surface area contributed by atoms with Crippen molar-refractivity contribution < 1.29 is 5.11 Å². The van der Waals surface area contributed by atoms with Crippen molar-refractivity contribution in [3.8, 4) is 0 Å². The van der Waals surface area contributed by atoms with Crippen LogP contribution in [-0.4, -0.2) is 5.11 Å². The Balaban J connectivity index is 2.36. The summed E-state index contributed by atoms with van der Waals surface area (Å²) in [6.45, 7) is 0. The van der Waals surface area contributed by atoms with Gasteiger partial charge in [-0.2, -0.15) is 0 Å². The molecule has 1 nitrogen and oxygen atoms in total. The van der Waals surface area contributed by atoms with Crippen molar-refractivity contribution in [3.05, 3.63) is 55.6 Å². The predicted octanol–water partition coefficient (Wildman–Crippen LogP) is 4.25. The van der Waals surface area contributed by atoms with Gasteiger partial charge in [0.2, 0.25) is 0 Å². The molecule has 2 rings (SSSR count). The second-order valence-corrected chi connectivity index (χ2v) is 5.36. The van der Waals surface area contributed by atoms with Crippen LogP contribution >= 0.6 is 38.9 Å². The lowest BCUT2D eigenvalue weighted by molar-refractivity contribution is 0.224. The maximum Gasteiger partial charge on any atom is 0.115 e. The topological polar surface area (TPSA) is 20.2 Å². The minimum atomic E-state index is -0.644. The van der Waals surface area contributed by atoms with Gasteiger partial charge in [-0.15, -0.1) is 11.3 Å². The highest BCUT2D eigenvalue weighted by molar-refractivity contribution is 9.10. The Morgan fingerprint density at radius 1 is 1.33 bits per heavy atom. The maximum atomic E-state index is 10.1. The second kappa shape index (κ2) is 4.66. The van der Waals surface area contributed by atoms with Gasteiger partial charge in [-0.3, -0.25) is 0 Å². The zero-order valence-electron chi connectivity index (χ0n) is 7.65. The van der Waals surface area contributed by atoms with Gasteiger partial charge in [-0.05, 0) is 28.1 Å². The third-order valence-corrected chi connectivity index (χ3v) is 4.15. The highest BCUT2D eigenvalue weighted by Crippen LogP contribution is 2.32. The summed E-state index contributed by atoms with van der Waals surface area (Å²) in [5, 5.41) is 12.6. The zero-order valence-corrected chi connectivity index (χ0v) is 10.8. The number of halogens is 2. The van der Waals surface area contributed by atoms with Gasteiger partial charge in [0.05, 0.1) is 0 Å². The maximum absolute atomic E-state index is 10.1. The smallest absolute Gasteiger partial charge is 0.115 e. The van der Waals surface area contributed by atoms with E-state index >= 15 is 0 Å². The van der Waals surface area contributed by atoms with Crippen LogP contribution in [-0.2, 0) is 0 Å². The van der Waals surface area contributed by atoms with Gasteiger partial charge in [0.1, 0.15) is 6.10 Å². The van der Waals surface area contributed by atoms with Gasteiger partial charge >= 0.3 is 0 Å². The Labute approximate surface area is 105 Å². The van der Waals surface area contributed by atoms with Crippen molar-refractivity contribution in [2.24, 2.45) is 0 Å². The van der Waals surface area contributed by atoms with Crippen LogP contribution in [0, 0.1) is 0 Å². The van der Waals surface area contributed by atoms with Gasteiger partial charge in [0, 0.05) is 25.3 Å². The van der Waals surface area contributed by atoms with Gasteiger partial charge in [0.15, 0.2) is 0 Å². The van der Waals surface area contributed by atoms with Gasteiger partial charge in [-0.25, -0.2) is 0 Å². The summed E-state index contributed by atoms with van der Waals surface area (Å²) in [5.74, 6) is 0. The largest absolute Gasteiger partial charge is 0.383 e. The quantitative estimate of drug-likeness (QED) is 0.879. The molecule has 0 radical (unpaired) electrons. The Morgan fingerprint density at radius 2 is 2.07 bits per heavy atom. The predicted molar refractivity (Wildman–Crippen MR) is 67.5 cm³/mol. The first-order valence-electron chi connectivity index (χ1n) is 4.35. The number of thiophene rings is 1. The number of rotatable bonds is 2. The summed E-state index contributed by atoms with van der Waals surface area (Å²) in [4.78, 5) is 0.884. The average molecular weight is 304 g/mol. The van der Waals surface area contributed by atoms with Crippen LogP contribution in [0.1, 0.15) is 16.5 Å². The van der Waals surface area contributed by atoms with E-state index in [2.05, 4.69) is 15.9 Å². The second-order valence-electron chi connectivity index (χ2n) is 3.09. The van der Waals surface area contributed by atoms with Crippen molar-refractivity contribution in [2.75, 3.05) is 0 Å². The average Bonchev–Trinajstić information content (AvgIpc) is 2.65. The number of hydrogen-bond acceptors (Lipinski definition) is 2. The third kappa shape index (κ3) is 2.42. The van der Waals surface area contributed by atoms with E-state index in [0.717, 1.165) is 14.9 Å². The SMILES string of the molecule is OC(c1cc(Br)cs1)c1ccccc1Cl. The van der Waals surface area contributed by atoms with Crippen LogP contribution in [0.25, 0.3) is 0 Å². The van der Waals surface area contributed by atoms with Gasteiger partial charge in [0.25, 0.3) is 0 Å². The molecule has 0 saturated carbocycles. The molecule has 0 aliphatic heterocycles. The summed E-state index contributed by atoms with van der Waals surface area (Å²) in [6.07, 6.45) is -0.644. The molecule has 0 fully saturated rings. The molecular weight excluding hydrogens is 296 g/mol. The number of hydrogen-bond donors (Lipinski definition) is 1. The normalized spacial score (nSPS) is 12.7. The molecule has 1 N–H and O–H groups in total. The van der Waals surface area contributed by atoms with Gasteiger partial charge in [-0.1, -0.05) is 29.8 Å². The minimum absolute atomic E-state index is 0.592. The van der Waals surface area contributed by atoms with Crippen LogP contribution in [0.2, 0.25) is 5.02 Å². The number of benzene rings is 1. The van der Waals surface area contributed by atoms with Crippen molar-refractivity contribution in [3.63, 3.8) is 0 Å². The first-order valence-corrected chi connectivity index (χ1v) is 6.40.